The summed E-state index contributed by atoms with van der Waals surface area (Å²) < 4.78 is 0. The summed E-state index contributed by atoms with van der Waals surface area (Å²) in [6.07, 6.45) is 0.539. The Kier molecular flexibility index (Phi) is 9.73. The van der Waals surface area contributed by atoms with Crippen molar-refractivity contribution >= 4 is 35.2 Å². The molecule has 2 aromatic rings. The zero-order valence-corrected chi connectivity index (χ0v) is 19.7. The number of carbonyl (C=O) groups excluding carboxylic acids is 2. The van der Waals surface area contributed by atoms with Gasteiger partial charge in [0.05, 0.1) is 5.75 Å². The van der Waals surface area contributed by atoms with E-state index in [2.05, 4.69) is 36.5 Å². The maximum atomic E-state index is 13.2. The highest BCUT2D eigenvalue weighted by Gasteiger charge is 2.29. The molecule has 0 radical (unpaired) electrons. The van der Waals surface area contributed by atoms with Gasteiger partial charge in [0.2, 0.25) is 11.8 Å². The molecule has 6 heteroatoms. The van der Waals surface area contributed by atoms with Crippen molar-refractivity contribution in [1.29, 1.82) is 0 Å². The lowest BCUT2D eigenvalue weighted by atomic mass is 10.1. The van der Waals surface area contributed by atoms with E-state index in [1.165, 1.54) is 11.1 Å². The molecule has 0 fully saturated rings. The molecule has 0 saturated carbocycles. The first-order valence-electron chi connectivity index (χ1n) is 10.3. The van der Waals surface area contributed by atoms with Gasteiger partial charge in [-0.15, -0.1) is 11.8 Å². The number of halogens is 1. The lowest BCUT2D eigenvalue weighted by Gasteiger charge is -2.31. The molecule has 0 aromatic heterocycles. The molecule has 0 aliphatic rings. The van der Waals surface area contributed by atoms with E-state index in [0.29, 0.717) is 23.7 Å². The van der Waals surface area contributed by atoms with Crippen molar-refractivity contribution in [2.24, 2.45) is 0 Å². The number of hydrogen-bond acceptors (Lipinski definition) is 3. The minimum Gasteiger partial charge on any atom is -0.352 e. The van der Waals surface area contributed by atoms with E-state index < -0.39 is 6.04 Å². The minimum atomic E-state index is -0.531. The van der Waals surface area contributed by atoms with Crippen LogP contribution >= 0.6 is 23.4 Å². The highest BCUT2D eigenvalue weighted by molar-refractivity contribution is 7.99. The molecule has 0 aliphatic heterocycles. The summed E-state index contributed by atoms with van der Waals surface area (Å²) in [7, 11) is 0. The Bertz CT molecular complexity index is 839. The van der Waals surface area contributed by atoms with Crippen LogP contribution < -0.4 is 5.32 Å². The second-order valence-corrected chi connectivity index (χ2v) is 9.07. The van der Waals surface area contributed by atoms with Crippen LogP contribution in [0.1, 0.15) is 43.9 Å². The normalized spacial score (nSPS) is 11.9. The maximum absolute atomic E-state index is 13.2. The molecule has 0 aliphatic carbocycles. The van der Waals surface area contributed by atoms with Crippen LogP contribution in [0.3, 0.4) is 0 Å². The lowest BCUT2D eigenvalue weighted by Crippen LogP contribution is -2.51. The standard InChI is InChI=1S/C24H31ClN2O2S/c1-5-22(24(29)26-17(2)3)27(14-20-8-6-7-9-21(20)25)23(28)16-30-15-19-12-10-18(4)11-13-19/h6-13,17,22H,5,14-16H2,1-4H3,(H,26,29). The molecule has 4 nitrogen and oxygen atoms in total. The molecule has 0 saturated heterocycles. The minimum absolute atomic E-state index is 0.0136. The van der Waals surface area contributed by atoms with E-state index in [0.717, 1.165) is 11.3 Å². The first-order valence-corrected chi connectivity index (χ1v) is 11.8. The van der Waals surface area contributed by atoms with Crippen molar-refractivity contribution in [2.75, 3.05) is 5.75 Å². The van der Waals surface area contributed by atoms with Crippen LogP contribution in [0.4, 0.5) is 0 Å². The molecule has 0 spiro atoms. The zero-order valence-electron chi connectivity index (χ0n) is 18.2. The number of rotatable bonds is 10. The molecule has 162 valence electrons. The fraction of sp³-hybridized carbons (Fsp3) is 0.417. The molecule has 30 heavy (non-hydrogen) atoms. The summed E-state index contributed by atoms with van der Waals surface area (Å²) in [5, 5.41) is 3.54. The molecule has 1 N–H and O–H groups in total. The first kappa shape index (κ1) is 24.3. The molecule has 2 amide bonds. The van der Waals surface area contributed by atoms with Crippen LogP contribution in [0.2, 0.25) is 5.02 Å². The van der Waals surface area contributed by atoms with E-state index in [4.69, 9.17) is 11.6 Å². The van der Waals surface area contributed by atoms with E-state index in [9.17, 15) is 9.59 Å². The second kappa shape index (κ2) is 12.0. The Morgan fingerprint density at radius 2 is 1.77 bits per heavy atom. The van der Waals surface area contributed by atoms with Gasteiger partial charge >= 0.3 is 0 Å². The van der Waals surface area contributed by atoms with Gasteiger partial charge in [0, 0.05) is 23.4 Å². The molecule has 2 rings (SSSR count). The van der Waals surface area contributed by atoms with Crippen molar-refractivity contribution in [3.05, 3.63) is 70.2 Å². The van der Waals surface area contributed by atoms with Crippen LogP contribution in [0, 0.1) is 6.92 Å². The molecule has 1 atom stereocenters. The number of amides is 2. The molecule has 2 aromatic carbocycles. The smallest absolute Gasteiger partial charge is 0.243 e. The van der Waals surface area contributed by atoms with Gasteiger partial charge in [-0.2, -0.15) is 0 Å². The van der Waals surface area contributed by atoms with Gasteiger partial charge in [0.1, 0.15) is 6.04 Å². The van der Waals surface area contributed by atoms with Gasteiger partial charge < -0.3 is 10.2 Å². The summed E-state index contributed by atoms with van der Waals surface area (Å²) in [5.41, 5.74) is 3.24. The van der Waals surface area contributed by atoms with Crippen molar-refractivity contribution in [3.8, 4) is 0 Å². The summed E-state index contributed by atoms with van der Waals surface area (Å²) in [6, 6.07) is 15.3. The molecular formula is C24H31ClN2O2S. The number of hydrogen-bond donors (Lipinski definition) is 1. The largest absolute Gasteiger partial charge is 0.352 e. The zero-order chi connectivity index (χ0) is 22.1. The van der Waals surface area contributed by atoms with Gasteiger partial charge in [-0.05, 0) is 44.4 Å². The Labute approximate surface area is 189 Å². The molecule has 1 unspecified atom stereocenters. The number of nitrogens with zero attached hydrogens (tertiary/aromatic N) is 1. The van der Waals surface area contributed by atoms with Crippen molar-refractivity contribution in [1.82, 2.24) is 10.2 Å². The van der Waals surface area contributed by atoms with E-state index in [1.54, 1.807) is 22.7 Å². The Morgan fingerprint density at radius 1 is 1.10 bits per heavy atom. The van der Waals surface area contributed by atoms with Crippen molar-refractivity contribution in [2.45, 2.75) is 58.5 Å². The number of nitrogens with one attached hydrogen (secondary N) is 1. The quantitative estimate of drug-likeness (QED) is 0.544. The maximum Gasteiger partial charge on any atom is 0.243 e. The third-order valence-corrected chi connectivity index (χ3v) is 6.09. The summed E-state index contributed by atoms with van der Waals surface area (Å²) in [4.78, 5) is 27.6. The number of aryl methyl sites for hydroxylation is 1. The Balaban J connectivity index is 2.13. The summed E-state index contributed by atoms with van der Waals surface area (Å²) in [5.74, 6) is 0.874. The highest BCUT2D eigenvalue weighted by Crippen LogP contribution is 2.21. The van der Waals surface area contributed by atoms with Crippen LogP contribution in [0.25, 0.3) is 0 Å². The van der Waals surface area contributed by atoms with E-state index in [1.807, 2.05) is 39.0 Å². The first-order chi connectivity index (χ1) is 14.3. The van der Waals surface area contributed by atoms with Gasteiger partial charge in [0.25, 0.3) is 0 Å². The third kappa shape index (κ3) is 7.37. The summed E-state index contributed by atoms with van der Waals surface area (Å²) >= 11 is 7.90. The molecule has 0 bridgehead atoms. The van der Waals surface area contributed by atoms with Gasteiger partial charge in [-0.25, -0.2) is 0 Å². The monoisotopic (exact) mass is 446 g/mol. The van der Waals surface area contributed by atoms with Gasteiger partial charge in [-0.1, -0.05) is 66.6 Å². The topological polar surface area (TPSA) is 49.4 Å². The lowest BCUT2D eigenvalue weighted by molar-refractivity contribution is -0.139. The van der Waals surface area contributed by atoms with E-state index in [-0.39, 0.29) is 17.9 Å². The average Bonchev–Trinajstić information content (AvgIpc) is 2.70. The van der Waals surface area contributed by atoms with Crippen LogP contribution in [0.5, 0.6) is 0 Å². The Hall–Kier alpha value is -1.98. The Morgan fingerprint density at radius 3 is 2.37 bits per heavy atom. The fourth-order valence-electron chi connectivity index (χ4n) is 3.13. The molecule has 0 heterocycles. The number of benzene rings is 2. The average molecular weight is 447 g/mol. The highest BCUT2D eigenvalue weighted by atomic mass is 35.5. The van der Waals surface area contributed by atoms with Crippen LogP contribution in [-0.2, 0) is 21.9 Å². The van der Waals surface area contributed by atoms with Crippen LogP contribution in [0.15, 0.2) is 48.5 Å². The van der Waals surface area contributed by atoms with Crippen molar-refractivity contribution < 1.29 is 9.59 Å². The molecular weight excluding hydrogens is 416 g/mol. The number of carbonyl (C=O) groups is 2. The predicted molar refractivity (Wildman–Crippen MR) is 127 cm³/mol. The second-order valence-electron chi connectivity index (χ2n) is 7.68. The predicted octanol–water partition coefficient (Wildman–Crippen LogP) is 5.21. The number of thioether (sulfide) groups is 1. The third-order valence-electron chi connectivity index (χ3n) is 4.73. The van der Waals surface area contributed by atoms with Crippen molar-refractivity contribution in [3.63, 3.8) is 0 Å². The van der Waals surface area contributed by atoms with Gasteiger partial charge in [-0.3, -0.25) is 9.59 Å². The van der Waals surface area contributed by atoms with Gasteiger partial charge in [0.15, 0.2) is 0 Å². The fourth-order valence-corrected chi connectivity index (χ4v) is 4.20. The van der Waals surface area contributed by atoms with Crippen LogP contribution in [-0.4, -0.2) is 34.6 Å². The summed E-state index contributed by atoms with van der Waals surface area (Å²) in [6.45, 7) is 8.13. The van der Waals surface area contributed by atoms with E-state index >= 15 is 0 Å². The SMILES string of the molecule is CCC(C(=O)NC(C)C)N(Cc1ccccc1Cl)C(=O)CSCc1ccc(C)cc1.